The molecule has 8 heteroatoms. The molecule has 0 bridgehead atoms. The first-order chi connectivity index (χ1) is 9.49. The van der Waals surface area contributed by atoms with Gasteiger partial charge in [0.25, 0.3) is 0 Å². The number of rotatable bonds is 5. The van der Waals surface area contributed by atoms with Crippen LogP contribution in [0.4, 0.5) is 12.9 Å². The van der Waals surface area contributed by atoms with Gasteiger partial charge in [-0.05, 0) is 18.7 Å². The van der Waals surface area contributed by atoms with Crippen molar-refractivity contribution in [2.75, 3.05) is 32.8 Å². The molecule has 0 spiro atoms. The van der Waals surface area contributed by atoms with Gasteiger partial charge in [0.05, 0.1) is 6.61 Å². The summed E-state index contributed by atoms with van der Waals surface area (Å²) in [6, 6.07) is 4.99. The number of hydrogen-bond acceptors (Lipinski definition) is 3. The maximum atomic E-state index is 12.6. The summed E-state index contributed by atoms with van der Waals surface area (Å²) in [6.45, 7) is 0.555. The summed E-state index contributed by atoms with van der Waals surface area (Å²) >= 11 is 0. The third kappa shape index (κ3) is 6.21. The first-order valence-electron chi connectivity index (χ1n) is 6.75. The molecule has 1 aliphatic rings. The van der Waals surface area contributed by atoms with Crippen molar-refractivity contribution in [1.82, 2.24) is 4.90 Å². The van der Waals surface area contributed by atoms with Crippen LogP contribution in [0.5, 0.6) is 5.75 Å². The maximum absolute atomic E-state index is 12.6. The number of benzene rings is 1. The van der Waals surface area contributed by atoms with Gasteiger partial charge in [-0.25, -0.2) is 0 Å². The molecule has 0 N–H and O–H groups in total. The minimum absolute atomic E-state index is 0. The number of ether oxygens (including phenoxy) is 2. The molecule has 1 atom stereocenters. The van der Waals surface area contributed by atoms with Gasteiger partial charge in [-0.15, -0.1) is 5.46 Å². The number of halogens is 3. The van der Waals surface area contributed by atoms with Crippen molar-refractivity contribution in [2.45, 2.75) is 13.0 Å². The molecule has 1 aliphatic heterocycles. The summed E-state index contributed by atoms with van der Waals surface area (Å²) in [5, 5.41) is 0. The largest absolute Gasteiger partial charge is 1.00 e. The molecular weight excluding hydrogens is 309 g/mol. The van der Waals surface area contributed by atoms with Gasteiger partial charge in [0, 0.05) is 13.1 Å². The molecule has 0 saturated carbocycles. The second-order valence-electron chi connectivity index (χ2n) is 4.84. The van der Waals surface area contributed by atoms with Crippen molar-refractivity contribution in [1.29, 1.82) is 0 Å². The molecule has 1 fully saturated rings. The molecule has 0 aliphatic carbocycles. The summed E-state index contributed by atoms with van der Waals surface area (Å²) in [7, 11) is 0. The number of likely N-dealkylation sites (N-methyl/N-ethyl adjacent to an activating group) is 1. The van der Waals surface area contributed by atoms with E-state index in [9.17, 15) is 12.9 Å². The van der Waals surface area contributed by atoms with Crippen LogP contribution in [0.1, 0.15) is 6.92 Å². The Morgan fingerprint density at radius 1 is 1.38 bits per heavy atom. The predicted octanol–water partition coefficient (Wildman–Crippen LogP) is -1.16. The zero-order valence-corrected chi connectivity index (χ0v) is 15.5. The molecule has 1 aromatic rings. The van der Waals surface area contributed by atoms with Gasteiger partial charge in [-0.3, -0.25) is 4.90 Å². The Labute approximate surface area is 165 Å². The van der Waals surface area contributed by atoms with E-state index in [2.05, 4.69) is 11.8 Å². The smallest absolute Gasteiger partial charge is 0.491 e. The Morgan fingerprint density at radius 3 is 2.81 bits per heavy atom. The third-order valence-electron chi connectivity index (χ3n) is 3.34. The van der Waals surface area contributed by atoms with Crippen LogP contribution in [0.3, 0.4) is 0 Å². The van der Waals surface area contributed by atoms with E-state index in [0.29, 0.717) is 6.61 Å². The molecule has 21 heavy (non-hydrogen) atoms. The van der Waals surface area contributed by atoms with Crippen LogP contribution in [-0.2, 0) is 4.74 Å². The van der Waals surface area contributed by atoms with Crippen LogP contribution in [0.15, 0.2) is 24.3 Å². The van der Waals surface area contributed by atoms with Gasteiger partial charge in [0.1, 0.15) is 18.5 Å². The number of nitrogens with zero attached hydrogens (tertiary/aromatic N) is 1. The fourth-order valence-corrected chi connectivity index (χ4v) is 2.17. The molecule has 112 valence electrons. The zero-order chi connectivity index (χ0) is 14.6. The van der Waals surface area contributed by atoms with Crippen LogP contribution in [-0.4, -0.2) is 50.8 Å². The topological polar surface area (TPSA) is 21.7 Å². The van der Waals surface area contributed by atoms with Crippen molar-refractivity contribution >= 4 is 12.4 Å². The molecule has 0 radical (unpaired) electrons. The van der Waals surface area contributed by atoms with Crippen molar-refractivity contribution in [3.63, 3.8) is 0 Å². The minimum Gasteiger partial charge on any atom is -0.491 e. The average molecular weight is 327 g/mol. The first-order valence-corrected chi connectivity index (χ1v) is 6.75. The third-order valence-corrected chi connectivity index (χ3v) is 3.34. The summed E-state index contributed by atoms with van der Waals surface area (Å²) < 4.78 is 48.9. The Morgan fingerprint density at radius 2 is 2.14 bits per heavy atom. The van der Waals surface area contributed by atoms with Gasteiger partial charge in [0.2, 0.25) is 0 Å². The van der Waals surface area contributed by atoms with E-state index >= 15 is 0 Å². The second kappa shape index (κ2) is 8.91. The fraction of sp³-hybridized carbons (Fsp3) is 0.538. The Hall–Kier alpha value is 0.431. The van der Waals surface area contributed by atoms with Crippen LogP contribution in [0.25, 0.3) is 0 Å². The average Bonchev–Trinajstić information content (AvgIpc) is 2.45. The summed E-state index contributed by atoms with van der Waals surface area (Å²) in [5.74, 6) is 0.235. The monoisotopic (exact) mass is 327 g/mol. The van der Waals surface area contributed by atoms with E-state index in [1.807, 2.05) is 0 Å². The molecule has 1 heterocycles. The Kier molecular flexibility index (Phi) is 8.26. The predicted molar refractivity (Wildman–Crippen MR) is 72.5 cm³/mol. The molecule has 0 amide bonds. The molecule has 1 aromatic carbocycles. The summed E-state index contributed by atoms with van der Waals surface area (Å²) in [4.78, 5) is 2.23. The molecule has 3 nitrogen and oxygen atoms in total. The summed E-state index contributed by atoms with van der Waals surface area (Å²) in [5.41, 5.74) is -0.637. The second-order valence-corrected chi connectivity index (χ2v) is 4.84. The van der Waals surface area contributed by atoms with Crippen LogP contribution >= 0.6 is 0 Å². The molecule has 1 saturated heterocycles. The van der Waals surface area contributed by atoms with Gasteiger partial charge in [-0.2, -0.15) is 0 Å². The van der Waals surface area contributed by atoms with Gasteiger partial charge in [0.15, 0.2) is 0 Å². The number of morpholine rings is 1. The minimum atomic E-state index is -4.99. The van der Waals surface area contributed by atoms with E-state index in [-0.39, 0.29) is 69.8 Å². The molecule has 1 unspecified atom stereocenters. The number of hydrogen-bond donors (Lipinski definition) is 0. The van der Waals surface area contributed by atoms with Crippen LogP contribution in [0.2, 0.25) is 0 Å². The fourth-order valence-electron chi connectivity index (χ4n) is 2.17. The van der Waals surface area contributed by atoms with Crippen molar-refractivity contribution in [2.24, 2.45) is 0 Å². The molecule has 2 rings (SSSR count). The Bertz CT molecular complexity index is 448. The van der Waals surface area contributed by atoms with E-state index in [1.165, 1.54) is 12.1 Å². The molecular formula is C13H18BF3KNO2. The standard InChI is InChI=1S/C13H18BF3NO2.K/c1-2-18-6-7-19-13(9-18)10-20-12-5-3-4-11(8-12)14(15,16)17;/h3-5,8,13H,2,6-7,9-10H2,1H3;/q-1;+1. The van der Waals surface area contributed by atoms with Crippen molar-refractivity contribution < 1.29 is 73.8 Å². The van der Waals surface area contributed by atoms with Crippen LogP contribution < -0.4 is 61.6 Å². The van der Waals surface area contributed by atoms with E-state index in [1.54, 1.807) is 0 Å². The zero-order valence-electron chi connectivity index (χ0n) is 12.4. The maximum Gasteiger partial charge on any atom is 1.00 e. The van der Waals surface area contributed by atoms with Gasteiger partial charge in [-0.1, -0.05) is 19.1 Å². The SMILES string of the molecule is CCN1CCOC(COc2cccc([B-](F)(F)F)c2)C1.[K+]. The van der Waals surface area contributed by atoms with Crippen molar-refractivity contribution in [3.8, 4) is 5.75 Å². The van der Waals surface area contributed by atoms with E-state index < -0.39 is 12.4 Å². The molecule has 0 aromatic heterocycles. The first kappa shape index (κ1) is 19.5. The van der Waals surface area contributed by atoms with Crippen molar-refractivity contribution in [3.05, 3.63) is 24.3 Å². The van der Waals surface area contributed by atoms with E-state index in [4.69, 9.17) is 9.47 Å². The Balaban J connectivity index is 0.00000220. The quantitative estimate of drug-likeness (QED) is 0.637. The van der Waals surface area contributed by atoms with Gasteiger partial charge >= 0.3 is 58.4 Å². The summed E-state index contributed by atoms with van der Waals surface area (Å²) in [6.07, 6.45) is -0.0937. The van der Waals surface area contributed by atoms with Crippen LogP contribution in [0, 0.1) is 0 Å². The van der Waals surface area contributed by atoms with E-state index in [0.717, 1.165) is 31.8 Å². The van der Waals surface area contributed by atoms with Gasteiger partial charge < -0.3 is 22.4 Å². The normalized spacial score (nSPS) is 19.9.